The van der Waals surface area contributed by atoms with Crippen molar-refractivity contribution in [2.75, 3.05) is 11.9 Å². The number of carboxylic acid groups (broad SMARTS) is 1. The van der Waals surface area contributed by atoms with Gasteiger partial charge in [-0.3, -0.25) is 0 Å². The molecule has 0 aliphatic heterocycles. The number of rotatable bonds is 5. The van der Waals surface area contributed by atoms with Crippen molar-refractivity contribution in [3.8, 4) is 0 Å². The number of hydrogen-bond acceptors (Lipinski definition) is 2. The fourth-order valence-corrected chi connectivity index (χ4v) is 2.06. The van der Waals surface area contributed by atoms with E-state index in [0.717, 1.165) is 5.56 Å². The Labute approximate surface area is 121 Å². The predicted molar refractivity (Wildman–Crippen MR) is 77.0 cm³/mol. The van der Waals surface area contributed by atoms with Gasteiger partial charge in [0.05, 0.1) is 11.3 Å². The van der Waals surface area contributed by atoms with Crippen molar-refractivity contribution >= 4 is 23.3 Å². The first-order valence-corrected chi connectivity index (χ1v) is 6.45. The number of halogens is 2. The van der Waals surface area contributed by atoms with E-state index in [1.165, 1.54) is 24.3 Å². The Hall–Kier alpha value is -2.07. The molecular formula is C15H13ClFNO2. The van der Waals surface area contributed by atoms with Crippen LogP contribution in [0.3, 0.4) is 0 Å². The van der Waals surface area contributed by atoms with Gasteiger partial charge in [-0.15, -0.1) is 0 Å². The van der Waals surface area contributed by atoms with Gasteiger partial charge in [-0.25, -0.2) is 9.18 Å². The van der Waals surface area contributed by atoms with Crippen LogP contribution in [0, 0.1) is 5.82 Å². The highest BCUT2D eigenvalue weighted by Crippen LogP contribution is 2.21. The Balaban J connectivity index is 2.04. The van der Waals surface area contributed by atoms with Crippen LogP contribution >= 0.6 is 11.6 Å². The maximum atomic E-state index is 13.0. The molecule has 0 fully saturated rings. The van der Waals surface area contributed by atoms with Gasteiger partial charge in [0.15, 0.2) is 0 Å². The molecule has 104 valence electrons. The molecule has 3 nitrogen and oxygen atoms in total. The minimum absolute atomic E-state index is 0.161. The maximum absolute atomic E-state index is 13.0. The van der Waals surface area contributed by atoms with Crippen LogP contribution in [0.2, 0.25) is 5.02 Å². The topological polar surface area (TPSA) is 49.3 Å². The van der Waals surface area contributed by atoms with Crippen LogP contribution in [-0.4, -0.2) is 17.6 Å². The number of nitrogens with one attached hydrogen (secondary N) is 1. The van der Waals surface area contributed by atoms with Gasteiger partial charge in [-0.2, -0.15) is 0 Å². The van der Waals surface area contributed by atoms with Gasteiger partial charge in [0.1, 0.15) is 5.82 Å². The Kier molecular flexibility index (Phi) is 4.58. The molecule has 2 N–H and O–H groups in total. The van der Waals surface area contributed by atoms with Gasteiger partial charge in [-0.05, 0) is 42.3 Å². The van der Waals surface area contributed by atoms with Crippen molar-refractivity contribution < 1.29 is 14.3 Å². The smallest absolute Gasteiger partial charge is 0.337 e. The lowest BCUT2D eigenvalue weighted by Crippen LogP contribution is -2.09. The molecule has 0 bridgehead atoms. The average Bonchev–Trinajstić information content (AvgIpc) is 2.38. The van der Waals surface area contributed by atoms with E-state index in [1.54, 1.807) is 12.1 Å². The lowest BCUT2D eigenvalue weighted by atomic mass is 10.1. The summed E-state index contributed by atoms with van der Waals surface area (Å²) in [6, 6.07) is 10.9. The maximum Gasteiger partial charge on any atom is 0.337 e. The molecule has 0 radical (unpaired) electrons. The van der Waals surface area contributed by atoms with E-state index in [2.05, 4.69) is 5.32 Å². The fraction of sp³-hybridized carbons (Fsp3) is 0.133. The lowest BCUT2D eigenvalue weighted by Gasteiger charge is -2.10. The number of benzene rings is 2. The summed E-state index contributed by atoms with van der Waals surface area (Å²) in [4.78, 5) is 11.1. The van der Waals surface area contributed by atoms with Crippen LogP contribution in [0.5, 0.6) is 0 Å². The zero-order valence-electron chi connectivity index (χ0n) is 10.6. The van der Waals surface area contributed by atoms with Crippen molar-refractivity contribution in [2.24, 2.45) is 0 Å². The molecule has 0 atom stereocenters. The molecule has 0 spiro atoms. The summed E-state index contributed by atoms with van der Waals surface area (Å²) < 4.78 is 13.0. The van der Waals surface area contributed by atoms with E-state index in [4.69, 9.17) is 16.7 Å². The van der Waals surface area contributed by atoms with Crippen molar-refractivity contribution in [3.63, 3.8) is 0 Å². The van der Waals surface area contributed by atoms with E-state index >= 15 is 0 Å². The second-order valence-electron chi connectivity index (χ2n) is 4.30. The number of carbonyl (C=O) groups is 1. The summed E-state index contributed by atoms with van der Waals surface area (Å²) in [7, 11) is 0. The van der Waals surface area contributed by atoms with Gasteiger partial charge in [0.25, 0.3) is 0 Å². The molecule has 20 heavy (non-hydrogen) atoms. The van der Waals surface area contributed by atoms with E-state index in [1.807, 2.05) is 6.07 Å². The molecule has 2 rings (SSSR count). The van der Waals surface area contributed by atoms with Crippen LogP contribution in [0.15, 0.2) is 42.5 Å². The molecular weight excluding hydrogens is 281 g/mol. The first-order chi connectivity index (χ1) is 9.56. The molecule has 0 aliphatic rings. The molecule has 0 amide bonds. The number of carboxylic acids is 1. The summed E-state index contributed by atoms with van der Waals surface area (Å²) in [5, 5.41) is 12.6. The zero-order chi connectivity index (χ0) is 14.5. The molecule has 0 unspecified atom stereocenters. The minimum Gasteiger partial charge on any atom is -0.478 e. The highest BCUT2D eigenvalue weighted by molar-refractivity contribution is 6.31. The Morgan fingerprint density at radius 2 is 2.05 bits per heavy atom. The Bertz CT molecular complexity index is 631. The minimum atomic E-state index is -1.02. The number of aromatic carboxylic acids is 1. The fourth-order valence-electron chi connectivity index (χ4n) is 1.88. The third kappa shape index (κ3) is 3.71. The summed E-state index contributed by atoms with van der Waals surface area (Å²) in [6.07, 6.45) is 0.587. The third-order valence-electron chi connectivity index (χ3n) is 2.83. The lowest BCUT2D eigenvalue weighted by molar-refractivity contribution is 0.0698. The van der Waals surface area contributed by atoms with Crippen molar-refractivity contribution in [2.45, 2.75) is 6.42 Å². The normalized spacial score (nSPS) is 10.3. The number of hydrogen-bond donors (Lipinski definition) is 2. The van der Waals surface area contributed by atoms with Gasteiger partial charge in [-0.1, -0.05) is 23.7 Å². The number of anilines is 1. The zero-order valence-corrected chi connectivity index (χ0v) is 11.3. The summed E-state index contributed by atoms with van der Waals surface area (Å²) in [6.45, 7) is 0.490. The SMILES string of the molecule is O=C(O)c1ccc(Cl)cc1NCCc1cccc(F)c1. The average molecular weight is 294 g/mol. The third-order valence-corrected chi connectivity index (χ3v) is 3.07. The molecule has 5 heteroatoms. The Morgan fingerprint density at radius 1 is 1.25 bits per heavy atom. The first kappa shape index (κ1) is 14.3. The predicted octanol–water partition coefficient (Wildman–Crippen LogP) is 3.83. The van der Waals surface area contributed by atoms with E-state index in [9.17, 15) is 9.18 Å². The van der Waals surface area contributed by atoms with Crippen molar-refractivity contribution in [1.29, 1.82) is 0 Å². The summed E-state index contributed by atoms with van der Waals surface area (Å²) in [5.74, 6) is -1.30. The van der Waals surface area contributed by atoms with E-state index < -0.39 is 5.97 Å². The molecule has 0 aliphatic carbocycles. The molecule has 2 aromatic rings. The van der Waals surface area contributed by atoms with Crippen molar-refractivity contribution in [1.82, 2.24) is 0 Å². The van der Waals surface area contributed by atoms with Gasteiger partial charge in [0, 0.05) is 11.6 Å². The van der Waals surface area contributed by atoms with Crippen LogP contribution < -0.4 is 5.32 Å². The van der Waals surface area contributed by atoms with E-state index in [0.29, 0.717) is 23.7 Å². The first-order valence-electron chi connectivity index (χ1n) is 6.07. The highest BCUT2D eigenvalue weighted by Gasteiger charge is 2.09. The second-order valence-corrected chi connectivity index (χ2v) is 4.74. The molecule has 0 saturated heterocycles. The van der Waals surface area contributed by atoms with Gasteiger partial charge in [0.2, 0.25) is 0 Å². The van der Waals surface area contributed by atoms with Gasteiger partial charge < -0.3 is 10.4 Å². The van der Waals surface area contributed by atoms with Crippen LogP contribution in [0.4, 0.5) is 10.1 Å². The molecule has 0 heterocycles. The van der Waals surface area contributed by atoms with E-state index in [-0.39, 0.29) is 11.4 Å². The monoisotopic (exact) mass is 293 g/mol. The van der Waals surface area contributed by atoms with Crippen LogP contribution in [0.1, 0.15) is 15.9 Å². The summed E-state index contributed by atoms with van der Waals surface area (Å²) >= 11 is 5.86. The molecule has 2 aromatic carbocycles. The largest absolute Gasteiger partial charge is 0.478 e. The quantitative estimate of drug-likeness (QED) is 0.881. The van der Waals surface area contributed by atoms with Crippen molar-refractivity contribution in [3.05, 3.63) is 64.4 Å². The molecule has 0 aromatic heterocycles. The van der Waals surface area contributed by atoms with Gasteiger partial charge >= 0.3 is 5.97 Å². The van der Waals surface area contributed by atoms with Crippen LogP contribution in [-0.2, 0) is 6.42 Å². The Morgan fingerprint density at radius 3 is 2.75 bits per heavy atom. The van der Waals surface area contributed by atoms with Crippen LogP contribution in [0.25, 0.3) is 0 Å². The molecule has 0 saturated carbocycles. The highest BCUT2D eigenvalue weighted by atomic mass is 35.5. The second kappa shape index (κ2) is 6.39. The standard InChI is InChI=1S/C15H13ClFNO2/c16-11-4-5-13(15(19)20)14(9-11)18-7-6-10-2-1-3-12(17)8-10/h1-5,8-9,18H,6-7H2,(H,19,20). The summed E-state index contributed by atoms with van der Waals surface area (Å²) in [5.41, 5.74) is 1.46.